The quantitative estimate of drug-likeness (QED) is 0.641. The summed E-state index contributed by atoms with van der Waals surface area (Å²) in [5.74, 6) is -0.0408. The second-order valence-corrected chi connectivity index (χ2v) is 3.52. The second kappa shape index (κ2) is 5.02. The standard InChI is InChI=1S/C10H17NO2/c1-2-5-10(13)11-8-6-3-4-7-9(8)12/h2,8-9,12H,1,3-7H2,(H,11,13). The van der Waals surface area contributed by atoms with E-state index in [1.54, 1.807) is 6.08 Å². The van der Waals surface area contributed by atoms with Crippen LogP contribution in [0.1, 0.15) is 32.1 Å². The molecule has 0 aromatic heterocycles. The molecule has 1 aliphatic rings. The molecule has 3 heteroatoms. The van der Waals surface area contributed by atoms with Crippen molar-refractivity contribution in [2.45, 2.75) is 44.2 Å². The predicted molar refractivity (Wildman–Crippen MR) is 51.2 cm³/mol. The molecule has 0 aromatic rings. The molecule has 1 aliphatic carbocycles. The van der Waals surface area contributed by atoms with Crippen LogP contribution >= 0.6 is 0 Å². The summed E-state index contributed by atoms with van der Waals surface area (Å²) in [7, 11) is 0. The summed E-state index contributed by atoms with van der Waals surface area (Å²) in [5.41, 5.74) is 0. The minimum absolute atomic E-state index is 0.0406. The van der Waals surface area contributed by atoms with Gasteiger partial charge in [-0.15, -0.1) is 6.58 Å². The van der Waals surface area contributed by atoms with Crippen LogP contribution in [-0.4, -0.2) is 23.2 Å². The topological polar surface area (TPSA) is 49.3 Å². The monoisotopic (exact) mass is 183 g/mol. The van der Waals surface area contributed by atoms with Crippen molar-refractivity contribution in [3.63, 3.8) is 0 Å². The molecule has 0 bridgehead atoms. The molecular formula is C10H17NO2. The Morgan fingerprint density at radius 2 is 2.23 bits per heavy atom. The summed E-state index contributed by atoms with van der Waals surface area (Å²) in [4.78, 5) is 11.2. The zero-order valence-electron chi connectivity index (χ0n) is 7.83. The zero-order chi connectivity index (χ0) is 9.68. The number of amides is 1. The van der Waals surface area contributed by atoms with Crippen LogP contribution in [0, 0.1) is 0 Å². The first kappa shape index (κ1) is 10.3. The van der Waals surface area contributed by atoms with Crippen LogP contribution < -0.4 is 5.32 Å². The van der Waals surface area contributed by atoms with Crippen molar-refractivity contribution in [2.75, 3.05) is 0 Å². The fourth-order valence-electron chi connectivity index (χ4n) is 1.68. The molecule has 0 aliphatic heterocycles. The second-order valence-electron chi connectivity index (χ2n) is 3.52. The van der Waals surface area contributed by atoms with E-state index in [-0.39, 0.29) is 18.1 Å². The predicted octanol–water partition coefficient (Wildman–Crippen LogP) is 0.982. The van der Waals surface area contributed by atoms with Gasteiger partial charge in [0.2, 0.25) is 5.91 Å². The van der Waals surface area contributed by atoms with Gasteiger partial charge >= 0.3 is 0 Å². The SMILES string of the molecule is C=CCC(=O)NC1CCCCC1O. The number of rotatable bonds is 3. The van der Waals surface area contributed by atoms with Gasteiger partial charge < -0.3 is 10.4 Å². The maximum absolute atomic E-state index is 11.2. The van der Waals surface area contributed by atoms with Gasteiger partial charge in [0.1, 0.15) is 0 Å². The molecule has 0 radical (unpaired) electrons. The third-order valence-corrected chi connectivity index (χ3v) is 2.41. The Morgan fingerprint density at radius 3 is 2.85 bits per heavy atom. The molecule has 2 N–H and O–H groups in total. The van der Waals surface area contributed by atoms with Crippen LogP contribution in [0.2, 0.25) is 0 Å². The summed E-state index contributed by atoms with van der Waals surface area (Å²) in [6.45, 7) is 3.49. The average Bonchev–Trinajstić information content (AvgIpc) is 2.09. The van der Waals surface area contributed by atoms with E-state index in [1.165, 1.54) is 0 Å². The summed E-state index contributed by atoms with van der Waals surface area (Å²) in [5, 5.41) is 12.4. The van der Waals surface area contributed by atoms with E-state index in [9.17, 15) is 9.90 Å². The highest BCUT2D eigenvalue weighted by Gasteiger charge is 2.23. The lowest BCUT2D eigenvalue weighted by molar-refractivity contribution is -0.122. The minimum atomic E-state index is -0.359. The van der Waals surface area contributed by atoms with Crippen molar-refractivity contribution in [3.8, 4) is 0 Å². The number of aliphatic hydroxyl groups is 1. The Hall–Kier alpha value is -0.830. The lowest BCUT2D eigenvalue weighted by Crippen LogP contribution is -2.44. The van der Waals surface area contributed by atoms with Crippen LogP contribution in [0.5, 0.6) is 0 Å². The first-order valence-corrected chi connectivity index (χ1v) is 4.82. The Balaban J connectivity index is 2.33. The Morgan fingerprint density at radius 1 is 1.54 bits per heavy atom. The van der Waals surface area contributed by atoms with Crippen molar-refractivity contribution in [1.29, 1.82) is 0 Å². The number of hydrogen-bond acceptors (Lipinski definition) is 2. The number of hydrogen-bond donors (Lipinski definition) is 2. The maximum Gasteiger partial charge on any atom is 0.224 e. The molecule has 2 atom stereocenters. The van der Waals surface area contributed by atoms with Crippen LogP contribution in [0.4, 0.5) is 0 Å². The van der Waals surface area contributed by atoms with Gasteiger partial charge in [-0.2, -0.15) is 0 Å². The minimum Gasteiger partial charge on any atom is -0.391 e. The highest BCUT2D eigenvalue weighted by molar-refractivity contribution is 5.77. The van der Waals surface area contributed by atoms with Gasteiger partial charge in [-0.1, -0.05) is 18.9 Å². The molecule has 1 rings (SSSR count). The lowest BCUT2D eigenvalue weighted by Gasteiger charge is -2.28. The van der Waals surface area contributed by atoms with Crippen molar-refractivity contribution in [2.24, 2.45) is 0 Å². The van der Waals surface area contributed by atoms with Crippen LogP contribution in [0.3, 0.4) is 0 Å². The Kier molecular flexibility index (Phi) is 3.96. The van der Waals surface area contributed by atoms with Crippen LogP contribution in [0.25, 0.3) is 0 Å². The van der Waals surface area contributed by atoms with Gasteiger partial charge in [-0.25, -0.2) is 0 Å². The molecule has 3 nitrogen and oxygen atoms in total. The van der Waals surface area contributed by atoms with E-state index < -0.39 is 0 Å². The third-order valence-electron chi connectivity index (χ3n) is 2.41. The molecule has 0 saturated heterocycles. The highest BCUT2D eigenvalue weighted by Crippen LogP contribution is 2.18. The van der Waals surface area contributed by atoms with Gasteiger partial charge in [0, 0.05) is 6.42 Å². The fourth-order valence-corrected chi connectivity index (χ4v) is 1.68. The van der Waals surface area contributed by atoms with E-state index in [2.05, 4.69) is 11.9 Å². The molecular weight excluding hydrogens is 166 g/mol. The summed E-state index contributed by atoms with van der Waals surface area (Å²) in [6.07, 6.45) is 5.41. The van der Waals surface area contributed by atoms with Gasteiger partial charge in [0.25, 0.3) is 0 Å². The molecule has 13 heavy (non-hydrogen) atoms. The zero-order valence-corrected chi connectivity index (χ0v) is 7.83. The number of nitrogens with one attached hydrogen (secondary N) is 1. The summed E-state index contributed by atoms with van der Waals surface area (Å²) >= 11 is 0. The first-order valence-electron chi connectivity index (χ1n) is 4.82. The smallest absolute Gasteiger partial charge is 0.224 e. The first-order chi connectivity index (χ1) is 6.24. The van der Waals surface area contributed by atoms with E-state index in [0.717, 1.165) is 25.7 Å². The summed E-state index contributed by atoms with van der Waals surface area (Å²) in [6, 6.07) is -0.0406. The molecule has 2 unspecified atom stereocenters. The largest absolute Gasteiger partial charge is 0.391 e. The molecule has 0 spiro atoms. The van der Waals surface area contributed by atoms with Gasteiger partial charge in [-0.3, -0.25) is 4.79 Å². The number of carbonyl (C=O) groups is 1. The normalized spacial score (nSPS) is 28.1. The maximum atomic E-state index is 11.2. The number of carbonyl (C=O) groups excluding carboxylic acids is 1. The third kappa shape index (κ3) is 3.19. The van der Waals surface area contributed by atoms with Crippen molar-refractivity contribution in [3.05, 3.63) is 12.7 Å². The van der Waals surface area contributed by atoms with Gasteiger partial charge in [0.15, 0.2) is 0 Å². The van der Waals surface area contributed by atoms with Gasteiger partial charge in [0.05, 0.1) is 12.1 Å². The van der Waals surface area contributed by atoms with Crippen LogP contribution in [-0.2, 0) is 4.79 Å². The van der Waals surface area contributed by atoms with Crippen molar-refractivity contribution < 1.29 is 9.90 Å². The fraction of sp³-hybridized carbons (Fsp3) is 0.700. The highest BCUT2D eigenvalue weighted by atomic mass is 16.3. The molecule has 1 fully saturated rings. The molecule has 1 amide bonds. The average molecular weight is 183 g/mol. The van der Waals surface area contributed by atoms with E-state index in [1.807, 2.05) is 0 Å². The van der Waals surface area contributed by atoms with Crippen molar-refractivity contribution >= 4 is 5.91 Å². The van der Waals surface area contributed by atoms with E-state index >= 15 is 0 Å². The lowest BCUT2D eigenvalue weighted by atomic mass is 9.92. The molecule has 0 heterocycles. The molecule has 74 valence electrons. The van der Waals surface area contributed by atoms with Crippen molar-refractivity contribution in [1.82, 2.24) is 5.32 Å². The summed E-state index contributed by atoms with van der Waals surface area (Å²) < 4.78 is 0. The van der Waals surface area contributed by atoms with Crippen LogP contribution in [0.15, 0.2) is 12.7 Å². The molecule has 0 aromatic carbocycles. The Labute approximate surface area is 78.8 Å². The molecule has 1 saturated carbocycles. The van der Waals surface area contributed by atoms with E-state index in [4.69, 9.17) is 0 Å². The van der Waals surface area contributed by atoms with Gasteiger partial charge in [-0.05, 0) is 12.8 Å². The number of aliphatic hydroxyl groups excluding tert-OH is 1. The Bertz CT molecular complexity index is 191. The van der Waals surface area contributed by atoms with E-state index in [0.29, 0.717) is 6.42 Å².